The molecule has 2 heterocycles. The molecule has 1 aliphatic heterocycles. The van der Waals surface area contributed by atoms with Crippen LogP contribution in [0.1, 0.15) is 16.9 Å². The number of nitrogens with one attached hydrogen (secondary N) is 1. The average Bonchev–Trinajstić information content (AvgIpc) is 2.95. The van der Waals surface area contributed by atoms with Crippen LogP contribution in [0.2, 0.25) is 0 Å². The minimum atomic E-state index is -0.502. The van der Waals surface area contributed by atoms with Gasteiger partial charge in [0.2, 0.25) is 5.91 Å². The summed E-state index contributed by atoms with van der Waals surface area (Å²) in [6, 6.07) is 0.0138. The second kappa shape index (κ2) is 5.18. The summed E-state index contributed by atoms with van der Waals surface area (Å²) in [7, 11) is 1.75. The van der Waals surface area contributed by atoms with Gasteiger partial charge in [-0.2, -0.15) is 0 Å². The second-order valence-corrected chi connectivity index (χ2v) is 4.44. The number of nitrogens with two attached hydrogens (primary N) is 1. The highest BCUT2D eigenvalue weighted by molar-refractivity contribution is 5.95. The Labute approximate surface area is 105 Å². The summed E-state index contributed by atoms with van der Waals surface area (Å²) in [4.78, 5) is 28.9. The molecule has 0 radical (unpaired) electrons. The zero-order valence-electron chi connectivity index (χ0n) is 10.3. The van der Waals surface area contributed by atoms with E-state index in [1.165, 1.54) is 11.1 Å². The van der Waals surface area contributed by atoms with Gasteiger partial charge in [0.25, 0.3) is 5.91 Å². The van der Waals surface area contributed by atoms with Gasteiger partial charge in [-0.3, -0.25) is 9.59 Å². The molecule has 1 fully saturated rings. The Balaban J connectivity index is 2.20. The number of hydrogen-bond donors (Lipinski definition) is 2. The van der Waals surface area contributed by atoms with Gasteiger partial charge >= 0.3 is 0 Å². The average molecular weight is 251 g/mol. The molecule has 2 amide bonds. The second-order valence-electron chi connectivity index (χ2n) is 4.44. The van der Waals surface area contributed by atoms with Gasteiger partial charge in [-0.25, -0.2) is 4.98 Å². The summed E-state index contributed by atoms with van der Waals surface area (Å²) in [5.74, 6) is -0.708. The zero-order valence-corrected chi connectivity index (χ0v) is 10.3. The third-order valence-corrected chi connectivity index (χ3v) is 3.10. The van der Waals surface area contributed by atoms with E-state index in [9.17, 15) is 9.59 Å². The Kier molecular flexibility index (Phi) is 3.61. The van der Waals surface area contributed by atoms with Crippen molar-refractivity contribution >= 4 is 11.8 Å². The number of primary amides is 1. The van der Waals surface area contributed by atoms with Crippen molar-refractivity contribution in [2.24, 2.45) is 12.8 Å². The maximum Gasteiger partial charge on any atom is 0.272 e. The third-order valence-electron chi connectivity index (χ3n) is 3.10. The van der Waals surface area contributed by atoms with Crippen LogP contribution in [0.3, 0.4) is 0 Å². The maximum absolute atomic E-state index is 12.4. The standard InChI is InChI=1S/C11H17N5O2/c1-15-7-14-5-9(15)11(18)16(6-10(12)17)8-2-3-13-4-8/h5,7-8,13H,2-4,6H2,1H3,(H2,12,17). The van der Waals surface area contributed by atoms with E-state index >= 15 is 0 Å². The fraction of sp³-hybridized carbons (Fsp3) is 0.545. The van der Waals surface area contributed by atoms with Gasteiger partial charge < -0.3 is 20.5 Å². The number of aromatic nitrogens is 2. The molecule has 98 valence electrons. The molecule has 0 spiro atoms. The van der Waals surface area contributed by atoms with E-state index in [1.54, 1.807) is 17.9 Å². The fourth-order valence-corrected chi connectivity index (χ4v) is 2.15. The molecule has 0 aliphatic carbocycles. The van der Waals surface area contributed by atoms with E-state index in [1.807, 2.05) is 0 Å². The normalized spacial score (nSPS) is 18.8. The highest BCUT2D eigenvalue weighted by atomic mass is 16.2. The van der Waals surface area contributed by atoms with Gasteiger partial charge in [-0.1, -0.05) is 0 Å². The van der Waals surface area contributed by atoms with Gasteiger partial charge in [0, 0.05) is 19.6 Å². The van der Waals surface area contributed by atoms with Crippen molar-refractivity contribution < 1.29 is 9.59 Å². The molecule has 1 saturated heterocycles. The first-order valence-corrected chi connectivity index (χ1v) is 5.86. The Morgan fingerprint density at radius 2 is 2.44 bits per heavy atom. The van der Waals surface area contributed by atoms with Gasteiger partial charge in [-0.05, 0) is 13.0 Å². The first-order valence-electron chi connectivity index (χ1n) is 5.86. The molecule has 1 aliphatic rings. The highest BCUT2D eigenvalue weighted by Crippen LogP contribution is 2.12. The lowest BCUT2D eigenvalue weighted by Crippen LogP contribution is -2.46. The molecule has 1 unspecified atom stereocenters. The summed E-state index contributed by atoms with van der Waals surface area (Å²) < 4.78 is 1.64. The van der Waals surface area contributed by atoms with Crippen LogP contribution in [0.5, 0.6) is 0 Å². The van der Waals surface area contributed by atoms with Gasteiger partial charge in [0.15, 0.2) is 0 Å². The van der Waals surface area contributed by atoms with Crippen LogP contribution < -0.4 is 11.1 Å². The number of imidazole rings is 1. The smallest absolute Gasteiger partial charge is 0.272 e. The van der Waals surface area contributed by atoms with Crippen LogP contribution in [0, 0.1) is 0 Å². The molecular weight excluding hydrogens is 234 g/mol. The van der Waals surface area contributed by atoms with E-state index in [0.29, 0.717) is 12.2 Å². The third kappa shape index (κ3) is 2.51. The molecule has 0 bridgehead atoms. The van der Waals surface area contributed by atoms with E-state index < -0.39 is 5.91 Å². The molecule has 2 rings (SSSR count). The summed E-state index contributed by atoms with van der Waals surface area (Å²) in [5.41, 5.74) is 5.68. The minimum Gasteiger partial charge on any atom is -0.368 e. The number of aryl methyl sites for hydroxylation is 1. The summed E-state index contributed by atoms with van der Waals surface area (Å²) in [5, 5.41) is 3.17. The summed E-state index contributed by atoms with van der Waals surface area (Å²) in [6.45, 7) is 1.48. The predicted molar refractivity (Wildman–Crippen MR) is 64.7 cm³/mol. The lowest BCUT2D eigenvalue weighted by atomic mass is 10.2. The molecule has 1 aromatic heterocycles. The topological polar surface area (TPSA) is 93.2 Å². The lowest BCUT2D eigenvalue weighted by Gasteiger charge is -2.27. The minimum absolute atomic E-state index is 0.0138. The monoisotopic (exact) mass is 251 g/mol. The first kappa shape index (κ1) is 12.6. The van der Waals surface area contributed by atoms with Gasteiger partial charge in [-0.15, -0.1) is 0 Å². The predicted octanol–water partition coefficient (Wildman–Crippen LogP) is -1.29. The van der Waals surface area contributed by atoms with Crippen LogP contribution in [0.25, 0.3) is 0 Å². The lowest BCUT2D eigenvalue weighted by molar-refractivity contribution is -0.119. The van der Waals surface area contributed by atoms with Crippen molar-refractivity contribution in [1.29, 1.82) is 0 Å². The van der Waals surface area contributed by atoms with E-state index in [-0.39, 0.29) is 18.5 Å². The molecule has 1 aromatic rings. The molecule has 0 saturated carbocycles. The van der Waals surface area contributed by atoms with Crippen molar-refractivity contribution in [2.45, 2.75) is 12.5 Å². The largest absolute Gasteiger partial charge is 0.368 e. The van der Waals surface area contributed by atoms with Crippen molar-refractivity contribution in [3.63, 3.8) is 0 Å². The number of carbonyl (C=O) groups is 2. The van der Waals surface area contributed by atoms with Crippen LogP contribution in [-0.4, -0.2) is 51.9 Å². The number of amides is 2. The molecule has 7 heteroatoms. The Morgan fingerprint density at radius 1 is 1.67 bits per heavy atom. The van der Waals surface area contributed by atoms with Crippen molar-refractivity contribution in [2.75, 3.05) is 19.6 Å². The zero-order chi connectivity index (χ0) is 13.1. The van der Waals surface area contributed by atoms with Gasteiger partial charge in [0.05, 0.1) is 12.5 Å². The molecule has 18 heavy (non-hydrogen) atoms. The van der Waals surface area contributed by atoms with Crippen molar-refractivity contribution in [1.82, 2.24) is 19.8 Å². The van der Waals surface area contributed by atoms with Crippen LogP contribution in [0.4, 0.5) is 0 Å². The Bertz CT molecular complexity index is 450. The first-order chi connectivity index (χ1) is 8.59. The summed E-state index contributed by atoms with van der Waals surface area (Å²) >= 11 is 0. The number of nitrogens with zero attached hydrogens (tertiary/aromatic N) is 3. The van der Waals surface area contributed by atoms with E-state index in [2.05, 4.69) is 10.3 Å². The van der Waals surface area contributed by atoms with Crippen LogP contribution in [0.15, 0.2) is 12.5 Å². The number of hydrogen-bond acceptors (Lipinski definition) is 4. The molecule has 7 nitrogen and oxygen atoms in total. The molecule has 1 atom stereocenters. The van der Waals surface area contributed by atoms with Crippen LogP contribution >= 0.6 is 0 Å². The number of rotatable bonds is 4. The molecular formula is C11H17N5O2. The highest BCUT2D eigenvalue weighted by Gasteiger charge is 2.29. The molecule has 0 aromatic carbocycles. The Morgan fingerprint density at radius 3 is 2.94 bits per heavy atom. The van der Waals surface area contributed by atoms with Crippen molar-refractivity contribution in [3.8, 4) is 0 Å². The fourth-order valence-electron chi connectivity index (χ4n) is 2.15. The summed E-state index contributed by atoms with van der Waals surface area (Å²) in [6.07, 6.45) is 3.89. The number of carbonyl (C=O) groups excluding carboxylic acids is 2. The van der Waals surface area contributed by atoms with Gasteiger partial charge in [0.1, 0.15) is 12.2 Å². The maximum atomic E-state index is 12.4. The SMILES string of the molecule is Cn1cncc1C(=O)N(CC(N)=O)C1CCNC1. The van der Waals surface area contributed by atoms with Crippen LogP contribution in [-0.2, 0) is 11.8 Å². The molecule has 3 N–H and O–H groups in total. The quantitative estimate of drug-likeness (QED) is 0.696. The van der Waals surface area contributed by atoms with E-state index in [4.69, 9.17) is 5.73 Å². The van der Waals surface area contributed by atoms with Crippen molar-refractivity contribution in [3.05, 3.63) is 18.2 Å². The van der Waals surface area contributed by atoms with E-state index in [0.717, 1.165) is 13.0 Å². The Hall–Kier alpha value is -1.89.